The number of nitrogens with zero attached hydrogens (tertiary/aromatic N) is 2. The molecule has 2 heterocycles. The number of fused-ring (bicyclic) bond motifs is 1. The molecule has 3 atom stereocenters. The Labute approximate surface area is 216 Å². The predicted octanol–water partition coefficient (Wildman–Crippen LogP) is 6.20. The van der Waals surface area contributed by atoms with Gasteiger partial charge in [-0.05, 0) is 61.6 Å². The van der Waals surface area contributed by atoms with Gasteiger partial charge in [0.15, 0.2) is 0 Å². The van der Waals surface area contributed by atoms with E-state index in [-0.39, 0.29) is 17.5 Å². The second kappa shape index (κ2) is 8.32. The molecule has 2 aliphatic heterocycles. The first kappa shape index (κ1) is 23.0. The summed E-state index contributed by atoms with van der Waals surface area (Å²) in [4.78, 5) is 2.88. The Hall–Kier alpha value is -2.41. The molecular formula is C29H29BrN2O2S. The molecule has 6 heteroatoms. The monoisotopic (exact) mass is 548 g/mol. The Balaban J connectivity index is 1.49. The highest BCUT2D eigenvalue weighted by Gasteiger charge is 2.64. The van der Waals surface area contributed by atoms with E-state index in [9.17, 15) is 8.42 Å². The van der Waals surface area contributed by atoms with Gasteiger partial charge in [0.25, 0.3) is 0 Å². The number of hydrogen-bond donors (Lipinski definition) is 0. The van der Waals surface area contributed by atoms with E-state index in [1.165, 1.54) is 16.8 Å². The molecule has 1 saturated carbocycles. The zero-order valence-electron chi connectivity index (χ0n) is 19.8. The van der Waals surface area contributed by atoms with Crippen molar-refractivity contribution in [3.05, 3.63) is 106 Å². The average molecular weight is 550 g/mol. The van der Waals surface area contributed by atoms with E-state index < -0.39 is 10.0 Å². The lowest BCUT2D eigenvalue weighted by atomic mass is 9.64. The summed E-state index contributed by atoms with van der Waals surface area (Å²) >= 11 is 3.87. The van der Waals surface area contributed by atoms with Crippen LogP contribution in [0.15, 0.2) is 94.3 Å². The molecule has 3 aliphatic rings. The van der Waals surface area contributed by atoms with Crippen LogP contribution < -0.4 is 4.90 Å². The molecule has 6 rings (SSSR count). The predicted molar refractivity (Wildman–Crippen MR) is 144 cm³/mol. The first-order chi connectivity index (χ1) is 16.8. The number of sulfonamides is 1. The lowest BCUT2D eigenvalue weighted by molar-refractivity contribution is 0.228. The van der Waals surface area contributed by atoms with Crippen LogP contribution >= 0.6 is 15.9 Å². The number of halogens is 1. The van der Waals surface area contributed by atoms with E-state index in [1.54, 1.807) is 16.4 Å². The summed E-state index contributed by atoms with van der Waals surface area (Å²) in [7, 11) is -3.63. The minimum Gasteiger partial charge on any atom is -0.363 e. The Bertz CT molecular complexity index is 1400. The van der Waals surface area contributed by atoms with Crippen molar-refractivity contribution >= 4 is 31.6 Å². The molecule has 0 bridgehead atoms. The summed E-state index contributed by atoms with van der Waals surface area (Å²) in [5, 5.41) is 0. The highest BCUT2D eigenvalue weighted by atomic mass is 79.9. The van der Waals surface area contributed by atoms with Crippen LogP contribution in [-0.4, -0.2) is 31.4 Å². The van der Waals surface area contributed by atoms with E-state index >= 15 is 0 Å². The van der Waals surface area contributed by atoms with Gasteiger partial charge in [0.05, 0.1) is 4.90 Å². The Morgan fingerprint density at radius 1 is 0.971 bits per heavy atom. The number of hydrogen-bond acceptors (Lipinski definition) is 3. The fourth-order valence-corrected chi connectivity index (χ4v) is 9.10. The molecule has 2 fully saturated rings. The fraction of sp³-hybridized carbons (Fsp3) is 0.310. The van der Waals surface area contributed by atoms with Gasteiger partial charge in [-0.25, -0.2) is 8.42 Å². The molecule has 0 radical (unpaired) electrons. The normalized spacial score (nSPS) is 25.9. The lowest BCUT2D eigenvalue weighted by Gasteiger charge is -2.47. The van der Waals surface area contributed by atoms with Crippen LogP contribution in [0.2, 0.25) is 0 Å². The summed E-state index contributed by atoms with van der Waals surface area (Å²) in [6.45, 7) is 7.69. The van der Waals surface area contributed by atoms with Gasteiger partial charge in [0, 0.05) is 40.7 Å². The molecule has 1 spiro atoms. The summed E-state index contributed by atoms with van der Waals surface area (Å²) in [5.74, 6) is 0. The first-order valence-corrected chi connectivity index (χ1v) is 14.4. The molecule has 0 amide bonds. The van der Waals surface area contributed by atoms with Crippen molar-refractivity contribution in [2.75, 3.05) is 11.4 Å². The van der Waals surface area contributed by atoms with Crippen LogP contribution in [0.1, 0.15) is 36.0 Å². The standard InChI is InChI=1S/C29H29BrN2O2S/c1-20-11-13-23(14-12-20)35(33,34)32-16-15-29-26(17-21(2)18-27(29)32)31(19-22-7-4-3-5-8-22)25-10-6-9-24(30)28(25)29/h3-14,26-27H,2,15-19H2,1H3/t26-,27+,29-/m0/s1. The van der Waals surface area contributed by atoms with Gasteiger partial charge in [-0.3, -0.25) is 0 Å². The summed E-state index contributed by atoms with van der Waals surface area (Å²) in [5.41, 5.74) is 5.64. The third kappa shape index (κ3) is 3.45. The maximum absolute atomic E-state index is 13.9. The van der Waals surface area contributed by atoms with Gasteiger partial charge in [-0.15, -0.1) is 0 Å². The van der Waals surface area contributed by atoms with Crippen molar-refractivity contribution in [3.63, 3.8) is 0 Å². The topological polar surface area (TPSA) is 40.6 Å². The van der Waals surface area contributed by atoms with Gasteiger partial charge in [0.1, 0.15) is 0 Å². The maximum Gasteiger partial charge on any atom is 0.243 e. The summed E-state index contributed by atoms with van der Waals surface area (Å²) in [6, 6.07) is 24.2. The molecule has 4 nitrogen and oxygen atoms in total. The molecule has 1 saturated heterocycles. The van der Waals surface area contributed by atoms with Crippen molar-refractivity contribution in [2.24, 2.45) is 0 Å². The molecule has 0 aromatic heterocycles. The smallest absolute Gasteiger partial charge is 0.243 e. The molecule has 3 aromatic carbocycles. The van der Waals surface area contributed by atoms with E-state index in [0.717, 1.165) is 35.0 Å². The highest BCUT2D eigenvalue weighted by Crippen LogP contribution is 2.61. The second-order valence-electron chi connectivity index (χ2n) is 10.2. The molecule has 0 unspecified atom stereocenters. The Kier molecular flexibility index (Phi) is 5.47. The SMILES string of the molecule is C=C1C[C@@H]2N(Cc3ccccc3)c3cccc(Br)c3[C@@]23CCN(S(=O)(=O)c2ccc(C)cc2)[C@@H]3C1. The van der Waals surface area contributed by atoms with E-state index in [0.29, 0.717) is 17.9 Å². The largest absolute Gasteiger partial charge is 0.363 e. The van der Waals surface area contributed by atoms with Crippen molar-refractivity contribution in [2.45, 2.75) is 55.1 Å². The molecule has 1 aliphatic carbocycles. The zero-order chi connectivity index (χ0) is 24.4. The lowest BCUT2D eigenvalue weighted by Crippen LogP contribution is -2.56. The molecule has 35 heavy (non-hydrogen) atoms. The molecule has 0 N–H and O–H groups in total. The van der Waals surface area contributed by atoms with E-state index in [1.807, 2.05) is 25.1 Å². The van der Waals surface area contributed by atoms with Crippen LogP contribution in [0.5, 0.6) is 0 Å². The highest BCUT2D eigenvalue weighted by molar-refractivity contribution is 9.10. The summed E-state index contributed by atoms with van der Waals surface area (Å²) in [6.07, 6.45) is 2.38. The van der Waals surface area contributed by atoms with E-state index in [4.69, 9.17) is 0 Å². The minimum atomic E-state index is -3.63. The van der Waals surface area contributed by atoms with Gasteiger partial charge < -0.3 is 4.90 Å². The first-order valence-electron chi connectivity index (χ1n) is 12.2. The van der Waals surface area contributed by atoms with Crippen LogP contribution in [0.4, 0.5) is 5.69 Å². The van der Waals surface area contributed by atoms with Crippen molar-refractivity contribution in [1.29, 1.82) is 0 Å². The van der Waals surface area contributed by atoms with Gasteiger partial charge in [-0.2, -0.15) is 4.31 Å². The fourth-order valence-electron chi connectivity index (χ4n) is 6.70. The minimum absolute atomic E-state index is 0.154. The molecule has 180 valence electrons. The maximum atomic E-state index is 13.9. The van der Waals surface area contributed by atoms with E-state index in [2.05, 4.69) is 69.9 Å². The van der Waals surface area contributed by atoms with Crippen LogP contribution in [-0.2, 0) is 22.0 Å². The summed E-state index contributed by atoms with van der Waals surface area (Å²) < 4.78 is 30.7. The third-order valence-electron chi connectivity index (χ3n) is 8.21. The second-order valence-corrected chi connectivity index (χ2v) is 12.9. The van der Waals surface area contributed by atoms with Crippen LogP contribution in [0.25, 0.3) is 0 Å². The number of anilines is 1. The van der Waals surface area contributed by atoms with Gasteiger partial charge in [-0.1, -0.05) is 82.2 Å². The number of aryl methyl sites for hydroxylation is 1. The molecular weight excluding hydrogens is 520 g/mol. The van der Waals surface area contributed by atoms with Crippen molar-refractivity contribution < 1.29 is 8.42 Å². The average Bonchev–Trinajstić information content (AvgIpc) is 3.35. The van der Waals surface area contributed by atoms with Crippen LogP contribution in [0, 0.1) is 6.92 Å². The van der Waals surface area contributed by atoms with Gasteiger partial charge in [0.2, 0.25) is 10.0 Å². The Morgan fingerprint density at radius 3 is 2.43 bits per heavy atom. The number of rotatable bonds is 4. The Morgan fingerprint density at radius 2 is 1.69 bits per heavy atom. The van der Waals surface area contributed by atoms with Gasteiger partial charge >= 0.3 is 0 Å². The third-order valence-corrected chi connectivity index (χ3v) is 10.8. The quantitative estimate of drug-likeness (QED) is 0.364. The zero-order valence-corrected chi connectivity index (χ0v) is 22.2. The van der Waals surface area contributed by atoms with Crippen LogP contribution in [0.3, 0.4) is 0 Å². The molecule has 3 aromatic rings. The number of benzene rings is 3. The van der Waals surface area contributed by atoms with Crippen molar-refractivity contribution in [3.8, 4) is 0 Å². The van der Waals surface area contributed by atoms with Crippen molar-refractivity contribution in [1.82, 2.24) is 4.31 Å².